The standard InChI is InChI=1S/C16H26O6P2/c1-8-23(18,19)22-24(20,21)12-10-9-11(15(2,3)4)13(14(12)17)16(5,6)7/h8-10,17H,1H2,2-7H3,(H,18,19)(H,20,21). The first-order valence-electron chi connectivity index (χ1n) is 7.40. The molecule has 2 unspecified atom stereocenters. The van der Waals surface area contributed by atoms with Crippen molar-refractivity contribution in [1.29, 1.82) is 0 Å². The van der Waals surface area contributed by atoms with Crippen molar-refractivity contribution in [1.82, 2.24) is 0 Å². The van der Waals surface area contributed by atoms with Crippen molar-refractivity contribution in [3.8, 4) is 5.75 Å². The zero-order chi connectivity index (χ0) is 19.1. The van der Waals surface area contributed by atoms with E-state index in [4.69, 9.17) is 0 Å². The molecule has 0 bridgehead atoms. The zero-order valence-corrected chi connectivity index (χ0v) is 16.7. The highest BCUT2D eigenvalue weighted by Crippen LogP contribution is 2.60. The van der Waals surface area contributed by atoms with Crippen LogP contribution in [0.25, 0.3) is 0 Å². The quantitative estimate of drug-likeness (QED) is 0.682. The van der Waals surface area contributed by atoms with E-state index in [1.807, 2.05) is 41.5 Å². The van der Waals surface area contributed by atoms with Gasteiger partial charge in [-0.1, -0.05) is 54.2 Å². The van der Waals surface area contributed by atoms with Gasteiger partial charge in [0.05, 0.1) is 0 Å². The van der Waals surface area contributed by atoms with Gasteiger partial charge in [-0.15, -0.1) is 0 Å². The fraction of sp³-hybridized carbons (Fsp3) is 0.500. The van der Waals surface area contributed by atoms with E-state index in [1.165, 1.54) is 6.07 Å². The predicted octanol–water partition coefficient (Wildman–Crippen LogP) is 4.14. The number of aromatic hydroxyl groups is 1. The van der Waals surface area contributed by atoms with Crippen LogP contribution in [-0.2, 0) is 24.3 Å². The second-order valence-corrected chi connectivity index (χ2v) is 11.4. The van der Waals surface area contributed by atoms with Gasteiger partial charge in [0.15, 0.2) is 0 Å². The predicted molar refractivity (Wildman–Crippen MR) is 96.1 cm³/mol. The maximum absolute atomic E-state index is 12.4. The molecule has 0 heterocycles. The molecule has 6 nitrogen and oxygen atoms in total. The molecule has 2 atom stereocenters. The second kappa shape index (κ2) is 6.44. The Balaban J connectivity index is 3.69. The van der Waals surface area contributed by atoms with Crippen molar-refractivity contribution in [2.45, 2.75) is 52.4 Å². The third-order valence-corrected chi connectivity index (χ3v) is 6.73. The molecule has 0 saturated carbocycles. The molecule has 136 valence electrons. The van der Waals surface area contributed by atoms with Crippen LogP contribution in [0.4, 0.5) is 0 Å². The van der Waals surface area contributed by atoms with Gasteiger partial charge < -0.3 is 14.9 Å². The molecule has 0 aromatic heterocycles. The highest BCUT2D eigenvalue weighted by atomic mass is 31.3. The van der Waals surface area contributed by atoms with Crippen LogP contribution >= 0.6 is 15.2 Å². The van der Waals surface area contributed by atoms with Gasteiger partial charge >= 0.3 is 15.2 Å². The summed E-state index contributed by atoms with van der Waals surface area (Å²) >= 11 is 0. The summed E-state index contributed by atoms with van der Waals surface area (Å²) in [5.74, 6) is 0.172. The van der Waals surface area contributed by atoms with Crippen molar-refractivity contribution in [3.05, 3.63) is 35.7 Å². The summed E-state index contributed by atoms with van der Waals surface area (Å²) in [6, 6.07) is 2.90. The third-order valence-electron chi connectivity index (χ3n) is 3.48. The third kappa shape index (κ3) is 4.59. The molecule has 0 spiro atoms. The molecular formula is C16H26O6P2. The zero-order valence-electron chi connectivity index (χ0n) is 14.9. The molecule has 0 aliphatic carbocycles. The molecule has 1 rings (SSSR count). The molecule has 0 radical (unpaired) electrons. The Morgan fingerprint density at radius 3 is 1.92 bits per heavy atom. The van der Waals surface area contributed by atoms with E-state index >= 15 is 0 Å². The molecule has 0 aliphatic heterocycles. The summed E-state index contributed by atoms with van der Waals surface area (Å²) in [6.07, 6.45) is 0. The average Bonchev–Trinajstić information content (AvgIpc) is 2.34. The van der Waals surface area contributed by atoms with E-state index in [-0.39, 0.29) is 5.41 Å². The first-order chi connectivity index (χ1) is 10.5. The molecule has 1 aromatic rings. The Bertz CT molecular complexity index is 740. The number of rotatable bonds is 4. The van der Waals surface area contributed by atoms with E-state index in [1.54, 1.807) is 6.07 Å². The fourth-order valence-corrected chi connectivity index (χ4v) is 4.96. The Labute approximate surface area is 143 Å². The van der Waals surface area contributed by atoms with Crippen LogP contribution in [0.5, 0.6) is 5.75 Å². The summed E-state index contributed by atoms with van der Waals surface area (Å²) in [5, 5.41) is 10.3. The summed E-state index contributed by atoms with van der Waals surface area (Å²) in [4.78, 5) is 19.5. The van der Waals surface area contributed by atoms with Gasteiger partial charge in [0.2, 0.25) is 0 Å². The van der Waals surface area contributed by atoms with E-state index in [0.29, 0.717) is 11.4 Å². The summed E-state index contributed by atoms with van der Waals surface area (Å²) < 4.78 is 28.5. The van der Waals surface area contributed by atoms with Gasteiger partial charge in [0.25, 0.3) is 0 Å². The number of phenolic OH excluding ortho intramolecular Hbond substituents is 1. The van der Waals surface area contributed by atoms with Crippen molar-refractivity contribution < 1.29 is 28.3 Å². The van der Waals surface area contributed by atoms with Gasteiger partial charge in [0, 0.05) is 11.4 Å². The summed E-state index contributed by atoms with van der Waals surface area (Å²) in [7, 11) is -9.16. The largest absolute Gasteiger partial charge is 0.507 e. The molecule has 0 saturated heterocycles. The molecule has 3 N–H and O–H groups in total. The molecular weight excluding hydrogens is 350 g/mol. The number of hydrogen-bond donors (Lipinski definition) is 3. The highest BCUT2D eigenvalue weighted by molar-refractivity contribution is 7.72. The lowest BCUT2D eigenvalue weighted by Gasteiger charge is -2.32. The van der Waals surface area contributed by atoms with Gasteiger partial charge in [0.1, 0.15) is 11.1 Å². The van der Waals surface area contributed by atoms with Crippen LogP contribution in [0.1, 0.15) is 52.7 Å². The Morgan fingerprint density at radius 2 is 1.54 bits per heavy atom. The number of phenols is 1. The normalized spacial score (nSPS) is 17.8. The minimum absolute atomic E-state index is 0.313. The van der Waals surface area contributed by atoms with Gasteiger partial charge in [-0.05, 0) is 22.5 Å². The van der Waals surface area contributed by atoms with E-state index in [2.05, 4.69) is 10.9 Å². The minimum atomic E-state index is -4.72. The van der Waals surface area contributed by atoms with Gasteiger partial charge in [-0.25, -0.2) is 4.31 Å². The number of benzene rings is 1. The maximum Gasteiger partial charge on any atom is 0.369 e. The first kappa shape index (κ1) is 21.1. The van der Waals surface area contributed by atoms with Gasteiger partial charge in [-0.3, -0.25) is 9.13 Å². The second-order valence-electron chi connectivity index (χ2n) is 7.70. The summed E-state index contributed by atoms with van der Waals surface area (Å²) in [6.45, 7) is 14.6. The van der Waals surface area contributed by atoms with Crippen molar-refractivity contribution >= 4 is 20.5 Å². The van der Waals surface area contributed by atoms with E-state index in [9.17, 15) is 24.0 Å². The van der Waals surface area contributed by atoms with Crippen LogP contribution in [0, 0.1) is 0 Å². The lowest BCUT2D eigenvalue weighted by Crippen LogP contribution is -2.25. The monoisotopic (exact) mass is 376 g/mol. The van der Waals surface area contributed by atoms with Crippen LogP contribution < -0.4 is 5.30 Å². The van der Waals surface area contributed by atoms with Gasteiger partial charge in [-0.2, -0.15) is 0 Å². The molecule has 24 heavy (non-hydrogen) atoms. The molecule has 0 aliphatic rings. The van der Waals surface area contributed by atoms with Crippen LogP contribution in [0.15, 0.2) is 24.5 Å². The van der Waals surface area contributed by atoms with Crippen molar-refractivity contribution in [2.75, 3.05) is 0 Å². The lowest BCUT2D eigenvalue weighted by molar-refractivity contribution is 0.347. The SMILES string of the molecule is C=CP(=O)(O)OP(=O)(O)c1ccc(C(C)(C)C)c(C(C)(C)C)c1O. The minimum Gasteiger partial charge on any atom is -0.507 e. The first-order valence-corrected chi connectivity index (χ1v) is 10.6. The molecule has 0 amide bonds. The van der Waals surface area contributed by atoms with Crippen molar-refractivity contribution in [3.63, 3.8) is 0 Å². The maximum atomic E-state index is 12.4. The Hall–Kier alpha value is -0.900. The molecule has 8 heteroatoms. The van der Waals surface area contributed by atoms with Crippen LogP contribution in [0.3, 0.4) is 0 Å². The smallest absolute Gasteiger partial charge is 0.369 e. The lowest BCUT2D eigenvalue weighted by atomic mass is 9.75. The highest BCUT2D eigenvalue weighted by Gasteiger charge is 2.38. The van der Waals surface area contributed by atoms with Crippen LogP contribution in [0.2, 0.25) is 0 Å². The van der Waals surface area contributed by atoms with E-state index < -0.39 is 31.7 Å². The average molecular weight is 376 g/mol. The number of hydrogen-bond acceptors (Lipinski definition) is 4. The van der Waals surface area contributed by atoms with Crippen LogP contribution in [-0.4, -0.2) is 14.9 Å². The summed E-state index contributed by atoms with van der Waals surface area (Å²) in [5.41, 5.74) is 0.472. The van der Waals surface area contributed by atoms with Crippen molar-refractivity contribution in [2.24, 2.45) is 0 Å². The van der Waals surface area contributed by atoms with E-state index in [0.717, 1.165) is 5.56 Å². The Kier molecular flexibility index (Phi) is 5.67. The fourth-order valence-electron chi connectivity index (χ4n) is 2.43. The Morgan fingerprint density at radius 1 is 1.04 bits per heavy atom. The molecule has 1 aromatic carbocycles. The topological polar surface area (TPSA) is 104 Å². The molecule has 0 fully saturated rings.